The lowest BCUT2D eigenvalue weighted by atomic mass is 10.1. The van der Waals surface area contributed by atoms with E-state index in [9.17, 15) is 0 Å². The molecular weight excluding hydrogens is 389 g/mol. The van der Waals surface area contributed by atoms with E-state index in [4.69, 9.17) is 4.74 Å². The topological polar surface area (TPSA) is 36.9 Å². The minimum absolute atomic E-state index is 0. The molecule has 1 saturated heterocycles. The Hall–Kier alpha value is -0.820. The molecular formula is C17H28IN3O. The van der Waals surface area contributed by atoms with Crippen molar-refractivity contribution in [3.63, 3.8) is 0 Å². The summed E-state index contributed by atoms with van der Waals surface area (Å²) >= 11 is 0. The van der Waals surface area contributed by atoms with Crippen molar-refractivity contribution in [2.24, 2.45) is 10.9 Å². The van der Waals surface area contributed by atoms with Gasteiger partial charge in [0.05, 0.1) is 6.61 Å². The first-order valence-corrected chi connectivity index (χ1v) is 7.66. The molecule has 1 N–H and O–H groups in total. The SMILES string of the molecule is CN=C(NCc1ccc(C)cc1C)N(C)CC1CCOC1.I. The van der Waals surface area contributed by atoms with Crippen molar-refractivity contribution in [2.45, 2.75) is 26.8 Å². The van der Waals surface area contributed by atoms with Gasteiger partial charge in [0.25, 0.3) is 0 Å². The van der Waals surface area contributed by atoms with Crippen LogP contribution < -0.4 is 5.32 Å². The van der Waals surface area contributed by atoms with E-state index in [0.717, 1.165) is 38.7 Å². The number of aryl methyl sites for hydroxylation is 2. The fraction of sp³-hybridized carbons (Fsp3) is 0.588. The van der Waals surface area contributed by atoms with Gasteiger partial charge in [-0.3, -0.25) is 4.99 Å². The number of halogens is 1. The highest BCUT2D eigenvalue weighted by Crippen LogP contribution is 2.14. The Morgan fingerprint density at radius 3 is 2.77 bits per heavy atom. The predicted octanol–water partition coefficient (Wildman–Crippen LogP) is 2.97. The average molecular weight is 417 g/mol. The van der Waals surface area contributed by atoms with E-state index in [1.165, 1.54) is 16.7 Å². The lowest BCUT2D eigenvalue weighted by Gasteiger charge is -2.24. The Balaban J connectivity index is 0.00000242. The molecule has 0 aromatic heterocycles. The largest absolute Gasteiger partial charge is 0.381 e. The molecule has 1 aromatic rings. The maximum Gasteiger partial charge on any atom is 0.193 e. The number of hydrogen-bond donors (Lipinski definition) is 1. The second kappa shape index (κ2) is 9.35. The van der Waals surface area contributed by atoms with Crippen LogP contribution in [-0.2, 0) is 11.3 Å². The van der Waals surface area contributed by atoms with Crippen molar-refractivity contribution in [3.05, 3.63) is 34.9 Å². The predicted molar refractivity (Wildman–Crippen MR) is 103 cm³/mol. The lowest BCUT2D eigenvalue weighted by Crippen LogP contribution is -2.41. The number of hydrogen-bond acceptors (Lipinski definition) is 2. The minimum atomic E-state index is 0. The smallest absolute Gasteiger partial charge is 0.193 e. The van der Waals surface area contributed by atoms with E-state index in [1.807, 2.05) is 7.05 Å². The first-order valence-electron chi connectivity index (χ1n) is 7.66. The molecule has 5 heteroatoms. The summed E-state index contributed by atoms with van der Waals surface area (Å²) < 4.78 is 5.44. The molecule has 0 saturated carbocycles. The molecule has 0 aliphatic carbocycles. The highest BCUT2D eigenvalue weighted by Gasteiger charge is 2.19. The monoisotopic (exact) mass is 417 g/mol. The summed E-state index contributed by atoms with van der Waals surface area (Å²) in [4.78, 5) is 6.58. The lowest BCUT2D eigenvalue weighted by molar-refractivity contribution is 0.181. The Kier molecular flexibility index (Phi) is 8.17. The second-order valence-electron chi connectivity index (χ2n) is 5.94. The first kappa shape index (κ1) is 19.2. The number of nitrogens with one attached hydrogen (secondary N) is 1. The molecule has 1 heterocycles. The quantitative estimate of drug-likeness (QED) is 0.465. The van der Waals surface area contributed by atoms with Crippen molar-refractivity contribution in [2.75, 3.05) is 33.9 Å². The van der Waals surface area contributed by atoms with Crippen LogP contribution in [0.1, 0.15) is 23.1 Å². The third-order valence-corrected chi connectivity index (χ3v) is 4.06. The molecule has 0 spiro atoms. The van der Waals surface area contributed by atoms with Crippen LogP contribution >= 0.6 is 24.0 Å². The summed E-state index contributed by atoms with van der Waals surface area (Å²) in [5.41, 5.74) is 3.95. The van der Waals surface area contributed by atoms with Crippen molar-refractivity contribution in [3.8, 4) is 0 Å². The van der Waals surface area contributed by atoms with Crippen LogP contribution in [0.5, 0.6) is 0 Å². The van der Waals surface area contributed by atoms with Crippen molar-refractivity contribution < 1.29 is 4.74 Å². The summed E-state index contributed by atoms with van der Waals surface area (Å²) in [6.45, 7) is 7.86. The third kappa shape index (κ3) is 5.43. The number of aliphatic imine (C=N–C) groups is 1. The Bertz CT molecular complexity index is 499. The zero-order chi connectivity index (χ0) is 15.2. The van der Waals surface area contributed by atoms with Crippen molar-refractivity contribution in [1.82, 2.24) is 10.2 Å². The number of guanidine groups is 1. The maximum absolute atomic E-state index is 5.44. The van der Waals surface area contributed by atoms with Crippen LogP contribution in [0.4, 0.5) is 0 Å². The first-order chi connectivity index (χ1) is 10.1. The molecule has 0 bridgehead atoms. The van der Waals surface area contributed by atoms with Gasteiger partial charge in [-0.1, -0.05) is 23.8 Å². The van der Waals surface area contributed by atoms with Crippen LogP contribution in [0, 0.1) is 19.8 Å². The van der Waals surface area contributed by atoms with Crippen molar-refractivity contribution in [1.29, 1.82) is 0 Å². The fourth-order valence-electron chi connectivity index (χ4n) is 2.80. The summed E-state index contributed by atoms with van der Waals surface area (Å²) in [5, 5.41) is 3.45. The Labute approximate surface area is 151 Å². The highest BCUT2D eigenvalue weighted by molar-refractivity contribution is 14.0. The second-order valence-corrected chi connectivity index (χ2v) is 5.94. The van der Waals surface area contributed by atoms with Gasteiger partial charge in [0, 0.05) is 39.7 Å². The Morgan fingerprint density at radius 1 is 1.41 bits per heavy atom. The molecule has 22 heavy (non-hydrogen) atoms. The van der Waals surface area contributed by atoms with E-state index in [0.29, 0.717) is 5.92 Å². The van der Waals surface area contributed by atoms with E-state index in [2.05, 4.69) is 54.3 Å². The normalized spacial score (nSPS) is 18.0. The standard InChI is InChI=1S/C17H27N3O.HI/c1-13-5-6-16(14(2)9-13)10-19-17(18-3)20(4)11-15-7-8-21-12-15;/h5-6,9,15H,7-8,10-12H2,1-4H3,(H,18,19);1H. The molecule has 4 nitrogen and oxygen atoms in total. The van der Waals surface area contributed by atoms with E-state index in [1.54, 1.807) is 0 Å². The van der Waals surface area contributed by atoms with E-state index < -0.39 is 0 Å². The van der Waals surface area contributed by atoms with Gasteiger partial charge in [0.2, 0.25) is 0 Å². The highest BCUT2D eigenvalue weighted by atomic mass is 127. The van der Waals surface area contributed by atoms with Crippen LogP contribution in [-0.4, -0.2) is 44.7 Å². The molecule has 2 rings (SSSR count). The van der Waals surface area contributed by atoms with Crippen LogP contribution in [0.15, 0.2) is 23.2 Å². The van der Waals surface area contributed by atoms with Crippen LogP contribution in [0.25, 0.3) is 0 Å². The van der Waals surface area contributed by atoms with Crippen LogP contribution in [0.3, 0.4) is 0 Å². The molecule has 1 aliphatic rings. The van der Waals surface area contributed by atoms with Gasteiger partial charge in [-0.2, -0.15) is 0 Å². The molecule has 124 valence electrons. The summed E-state index contributed by atoms with van der Waals surface area (Å²) in [6, 6.07) is 6.57. The molecule has 1 unspecified atom stereocenters. The number of benzene rings is 1. The number of rotatable bonds is 4. The van der Waals surface area contributed by atoms with E-state index >= 15 is 0 Å². The Morgan fingerprint density at radius 2 is 2.18 bits per heavy atom. The molecule has 1 aromatic carbocycles. The molecule has 0 amide bonds. The van der Waals surface area contributed by atoms with Gasteiger partial charge in [-0.25, -0.2) is 0 Å². The van der Waals surface area contributed by atoms with Crippen LogP contribution in [0.2, 0.25) is 0 Å². The van der Waals surface area contributed by atoms with Gasteiger partial charge in [0.15, 0.2) is 5.96 Å². The van der Waals surface area contributed by atoms with Gasteiger partial charge >= 0.3 is 0 Å². The molecule has 0 radical (unpaired) electrons. The van der Waals surface area contributed by atoms with E-state index in [-0.39, 0.29) is 24.0 Å². The fourth-order valence-corrected chi connectivity index (χ4v) is 2.80. The number of ether oxygens (including phenoxy) is 1. The van der Waals surface area contributed by atoms with Crippen molar-refractivity contribution >= 4 is 29.9 Å². The molecule has 1 aliphatic heterocycles. The zero-order valence-electron chi connectivity index (χ0n) is 14.1. The van der Waals surface area contributed by atoms with Gasteiger partial charge in [0.1, 0.15) is 0 Å². The summed E-state index contributed by atoms with van der Waals surface area (Å²) in [7, 11) is 3.93. The van der Waals surface area contributed by atoms with Gasteiger partial charge in [-0.15, -0.1) is 24.0 Å². The third-order valence-electron chi connectivity index (χ3n) is 4.06. The maximum atomic E-state index is 5.44. The average Bonchev–Trinajstić information content (AvgIpc) is 2.94. The van der Waals surface area contributed by atoms with Gasteiger partial charge in [-0.05, 0) is 31.4 Å². The number of nitrogens with zero attached hydrogens (tertiary/aromatic N) is 2. The minimum Gasteiger partial charge on any atom is -0.381 e. The molecule has 1 atom stereocenters. The zero-order valence-corrected chi connectivity index (χ0v) is 16.4. The summed E-state index contributed by atoms with van der Waals surface area (Å²) in [5.74, 6) is 1.57. The van der Waals surface area contributed by atoms with Gasteiger partial charge < -0.3 is 15.0 Å². The molecule has 1 fully saturated rings. The summed E-state index contributed by atoms with van der Waals surface area (Å²) in [6.07, 6.45) is 1.15.